The Hall–Kier alpha value is -0.810. The number of hydrogen-bond donors (Lipinski definition) is 1. The van der Waals surface area contributed by atoms with Gasteiger partial charge in [0.05, 0.1) is 12.0 Å². The fraction of sp³-hybridized carbons (Fsp3) is 0.812. The Labute approximate surface area is 132 Å². The van der Waals surface area contributed by atoms with E-state index >= 15 is 0 Å². The van der Waals surface area contributed by atoms with Crippen LogP contribution < -0.4 is 15.0 Å². The fourth-order valence-electron chi connectivity index (χ4n) is 3.02. The van der Waals surface area contributed by atoms with Crippen molar-refractivity contribution in [2.45, 2.75) is 45.6 Å². The Balaban J connectivity index is 1.78. The Kier molecular flexibility index (Phi) is 6.30. The predicted molar refractivity (Wildman–Crippen MR) is 90.4 cm³/mol. The van der Waals surface area contributed by atoms with E-state index in [2.05, 4.69) is 17.2 Å². The third-order valence-corrected chi connectivity index (χ3v) is 5.69. The minimum absolute atomic E-state index is 0.769. The van der Waals surface area contributed by atoms with Gasteiger partial charge in [-0.25, -0.2) is 0 Å². The molecule has 1 N–H and O–H groups in total. The lowest BCUT2D eigenvalue weighted by Crippen LogP contribution is -2.26. The molecule has 120 valence electrons. The average Bonchev–Trinajstić information content (AvgIpc) is 2.91. The van der Waals surface area contributed by atoms with E-state index < -0.39 is 0 Å². The van der Waals surface area contributed by atoms with Crippen molar-refractivity contribution in [2.75, 3.05) is 32.6 Å². The van der Waals surface area contributed by atoms with E-state index in [9.17, 15) is 0 Å². The molecule has 1 aromatic rings. The van der Waals surface area contributed by atoms with Crippen LogP contribution in [-0.4, -0.2) is 32.7 Å². The van der Waals surface area contributed by atoms with Crippen molar-refractivity contribution in [1.82, 2.24) is 10.3 Å². The minimum atomic E-state index is 0.769. The maximum atomic E-state index is 5.38. The van der Waals surface area contributed by atoms with Gasteiger partial charge in [-0.15, -0.1) is 0 Å². The van der Waals surface area contributed by atoms with Crippen molar-refractivity contribution in [2.24, 2.45) is 11.8 Å². The van der Waals surface area contributed by atoms with E-state index in [0.29, 0.717) is 0 Å². The lowest BCUT2D eigenvalue weighted by atomic mass is 9.81. The number of rotatable bonds is 7. The highest BCUT2D eigenvalue weighted by atomic mass is 32.1. The van der Waals surface area contributed by atoms with Crippen LogP contribution in [0.1, 0.15) is 43.9 Å². The van der Waals surface area contributed by atoms with Gasteiger partial charge in [0.2, 0.25) is 5.88 Å². The van der Waals surface area contributed by atoms with Crippen LogP contribution in [0.4, 0.5) is 5.13 Å². The minimum Gasteiger partial charge on any atom is -0.480 e. The zero-order valence-electron chi connectivity index (χ0n) is 13.8. The van der Waals surface area contributed by atoms with Gasteiger partial charge in [-0.05, 0) is 31.2 Å². The maximum Gasteiger partial charge on any atom is 0.230 e. The molecule has 0 bridgehead atoms. The highest BCUT2D eigenvalue weighted by molar-refractivity contribution is 7.15. The number of nitrogens with one attached hydrogen (secondary N) is 1. The summed E-state index contributed by atoms with van der Waals surface area (Å²) in [7, 11) is 5.73. The molecular weight excluding hydrogens is 282 g/mol. The molecule has 2 rings (SSSR count). The topological polar surface area (TPSA) is 37.4 Å². The van der Waals surface area contributed by atoms with Gasteiger partial charge in [0.1, 0.15) is 0 Å². The highest BCUT2D eigenvalue weighted by Crippen LogP contribution is 2.32. The molecule has 0 spiro atoms. The van der Waals surface area contributed by atoms with Gasteiger partial charge in [-0.1, -0.05) is 37.5 Å². The van der Waals surface area contributed by atoms with Crippen LogP contribution in [-0.2, 0) is 6.54 Å². The summed E-state index contributed by atoms with van der Waals surface area (Å²) >= 11 is 1.71. The molecule has 1 aliphatic rings. The first-order valence-corrected chi connectivity index (χ1v) is 8.87. The normalized spacial score (nSPS) is 22.3. The smallest absolute Gasteiger partial charge is 0.230 e. The van der Waals surface area contributed by atoms with Crippen LogP contribution in [0.2, 0.25) is 0 Å². The summed E-state index contributed by atoms with van der Waals surface area (Å²) in [4.78, 5) is 7.72. The summed E-state index contributed by atoms with van der Waals surface area (Å²) < 4.78 is 5.38. The Morgan fingerprint density at radius 3 is 2.48 bits per heavy atom. The van der Waals surface area contributed by atoms with E-state index in [1.54, 1.807) is 18.4 Å². The fourth-order valence-corrected chi connectivity index (χ4v) is 3.94. The van der Waals surface area contributed by atoms with Gasteiger partial charge in [0.25, 0.3) is 0 Å². The number of aromatic nitrogens is 1. The standard InChI is InChI=1S/C16H29N3OS/c1-5-12-6-8-13(9-7-12)10-17-11-14-15(20-4)18-16(21-14)19(2)3/h12-13,17H,5-11H2,1-4H3. The van der Waals surface area contributed by atoms with Crippen molar-refractivity contribution in [1.29, 1.82) is 0 Å². The number of thiazole rings is 1. The van der Waals surface area contributed by atoms with Crippen LogP contribution in [0.25, 0.3) is 0 Å². The highest BCUT2D eigenvalue weighted by Gasteiger charge is 2.20. The molecule has 0 atom stereocenters. The first-order chi connectivity index (χ1) is 10.1. The molecule has 1 aliphatic carbocycles. The summed E-state index contributed by atoms with van der Waals surface area (Å²) in [6, 6.07) is 0. The quantitative estimate of drug-likeness (QED) is 0.836. The van der Waals surface area contributed by atoms with E-state index in [-0.39, 0.29) is 0 Å². The lowest BCUT2D eigenvalue weighted by Gasteiger charge is -2.27. The second kappa shape index (κ2) is 7.99. The number of nitrogens with zero attached hydrogens (tertiary/aromatic N) is 2. The number of anilines is 1. The van der Waals surface area contributed by atoms with Crippen molar-refractivity contribution in [3.8, 4) is 5.88 Å². The summed E-state index contributed by atoms with van der Waals surface area (Å²) in [5, 5.41) is 4.61. The van der Waals surface area contributed by atoms with Crippen molar-refractivity contribution in [3.05, 3.63) is 4.88 Å². The second-order valence-electron chi connectivity index (χ2n) is 6.25. The molecule has 0 aromatic carbocycles. The molecule has 0 saturated heterocycles. The van der Waals surface area contributed by atoms with Crippen molar-refractivity contribution >= 4 is 16.5 Å². The summed E-state index contributed by atoms with van der Waals surface area (Å²) in [6.45, 7) is 4.30. The van der Waals surface area contributed by atoms with Gasteiger partial charge in [0.15, 0.2) is 5.13 Å². The molecule has 1 heterocycles. The Morgan fingerprint density at radius 2 is 1.90 bits per heavy atom. The first-order valence-electron chi connectivity index (χ1n) is 8.05. The monoisotopic (exact) mass is 311 g/mol. The molecule has 1 saturated carbocycles. The van der Waals surface area contributed by atoms with Gasteiger partial charge in [0, 0.05) is 20.6 Å². The molecule has 21 heavy (non-hydrogen) atoms. The largest absolute Gasteiger partial charge is 0.480 e. The van der Waals surface area contributed by atoms with Crippen LogP contribution >= 0.6 is 11.3 Å². The first kappa shape index (κ1) is 16.6. The second-order valence-corrected chi connectivity index (χ2v) is 7.31. The zero-order valence-corrected chi connectivity index (χ0v) is 14.6. The summed E-state index contributed by atoms with van der Waals surface area (Å²) in [5.74, 6) is 2.59. The van der Waals surface area contributed by atoms with Crippen LogP contribution in [0.5, 0.6) is 5.88 Å². The lowest BCUT2D eigenvalue weighted by molar-refractivity contribution is 0.262. The van der Waals surface area contributed by atoms with Crippen LogP contribution in [0.15, 0.2) is 0 Å². The van der Waals surface area contributed by atoms with E-state index in [4.69, 9.17) is 4.74 Å². The maximum absolute atomic E-state index is 5.38. The van der Waals surface area contributed by atoms with Crippen LogP contribution in [0, 0.1) is 11.8 Å². The van der Waals surface area contributed by atoms with Gasteiger partial charge < -0.3 is 15.0 Å². The number of hydrogen-bond acceptors (Lipinski definition) is 5. The molecule has 1 aromatic heterocycles. The molecule has 1 fully saturated rings. The van der Waals surface area contributed by atoms with Crippen LogP contribution in [0.3, 0.4) is 0 Å². The molecule has 4 nitrogen and oxygen atoms in total. The van der Waals surface area contributed by atoms with Gasteiger partial charge >= 0.3 is 0 Å². The Morgan fingerprint density at radius 1 is 1.24 bits per heavy atom. The van der Waals surface area contributed by atoms with Gasteiger partial charge in [-0.2, -0.15) is 4.98 Å². The average molecular weight is 311 g/mol. The van der Waals surface area contributed by atoms with E-state index in [1.165, 1.54) is 37.0 Å². The summed E-state index contributed by atoms with van der Waals surface area (Å²) in [5.41, 5.74) is 0. The molecule has 0 unspecified atom stereocenters. The molecule has 0 aliphatic heterocycles. The third-order valence-electron chi connectivity index (χ3n) is 4.49. The summed E-state index contributed by atoms with van der Waals surface area (Å²) in [6.07, 6.45) is 6.95. The third kappa shape index (κ3) is 4.58. The SMILES string of the molecule is CCC1CCC(CNCc2sc(N(C)C)nc2OC)CC1. The van der Waals surface area contributed by atoms with Crippen molar-refractivity contribution < 1.29 is 4.74 Å². The molecule has 0 amide bonds. The molecule has 0 radical (unpaired) electrons. The van der Waals surface area contributed by atoms with E-state index in [1.807, 2.05) is 19.0 Å². The molecule has 5 heteroatoms. The van der Waals surface area contributed by atoms with Gasteiger partial charge in [-0.3, -0.25) is 0 Å². The number of ether oxygens (including phenoxy) is 1. The molecular formula is C16H29N3OS. The van der Waals surface area contributed by atoms with Crippen molar-refractivity contribution in [3.63, 3.8) is 0 Å². The Bertz CT molecular complexity index is 425. The van der Waals surface area contributed by atoms with E-state index in [0.717, 1.165) is 35.9 Å². The zero-order chi connectivity index (χ0) is 15.2. The number of methoxy groups -OCH3 is 1. The predicted octanol–water partition coefficient (Wildman–Crippen LogP) is 3.52.